The van der Waals surface area contributed by atoms with E-state index in [0.717, 1.165) is 12.2 Å². The summed E-state index contributed by atoms with van der Waals surface area (Å²) in [6.07, 6.45) is 0.320. The standard InChI is InChI=1S/C26H45N5O7/c1-21(2)20-37-17-16-33-10-8-25(32)29-9-11-34-12-13-35-14-15-36-18-19-38-24-6-4-23(5-7-24)26(28)31-30-22(3)27/h4-7,21H,8-20H2,1-3H3,(H2,27,30)(H2,28,31)(H,29,32). The summed E-state index contributed by atoms with van der Waals surface area (Å²) in [6.45, 7) is 11.5. The van der Waals surface area contributed by atoms with Gasteiger partial charge in [0.15, 0.2) is 5.84 Å². The van der Waals surface area contributed by atoms with Crippen molar-refractivity contribution in [3.8, 4) is 5.75 Å². The predicted molar refractivity (Wildman–Crippen MR) is 147 cm³/mol. The lowest BCUT2D eigenvalue weighted by molar-refractivity contribution is -0.122. The zero-order valence-corrected chi connectivity index (χ0v) is 23.0. The largest absolute Gasteiger partial charge is 0.491 e. The van der Waals surface area contributed by atoms with Crippen molar-refractivity contribution in [2.24, 2.45) is 27.6 Å². The molecule has 0 aliphatic heterocycles. The highest BCUT2D eigenvalue weighted by Gasteiger charge is 2.02. The molecule has 0 aromatic heterocycles. The highest BCUT2D eigenvalue weighted by Crippen LogP contribution is 2.12. The second-order valence-electron chi connectivity index (χ2n) is 8.62. The van der Waals surface area contributed by atoms with Crippen LogP contribution in [0.3, 0.4) is 0 Å². The summed E-state index contributed by atoms with van der Waals surface area (Å²) in [6, 6.07) is 7.18. The Bertz CT molecular complexity index is 800. The Kier molecular flexibility index (Phi) is 19.5. The van der Waals surface area contributed by atoms with Crippen LogP contribution in [0.5, 0.6) is 5.75 Å². The number of nitrogens with two attached hydrogens (primary N) is 2. The number of hydrogen-bond donors (Lipinski definition) is 3. The van der Waals surface area contributed by atoms with Gasteiger partial charge >= 0.3 is 0 Å². The molecule has 12 heteroatoms. The Morgan fingerprint density at radius 3 is 1.95 bits per heavy atom. The lowest BCUT2D eigenvalue weighted by atomic mass is 10.2. The van der Waals surface area contributed by atoms with Gasteiger partial charge in [-0.15, -0.1) is 10.2 Å². The van der Waals surface area contributed by atoms with Crippen molar-refractivity contribution >= 4 is 17.6 Å². The number of amides is 1. The SMILES string of the molecule is C/C(N)=N/N=C(\N)c1ccc(OCCOCCOCCOCCNC(=O)CCOCCOCC(C)C)cc1. The Morgan fingerprint density at radius 2 is 1.34 bits per heavy atom. The minimum Gasteiger partial charge on any atom is -0.491 e. The zero-order valence-electron chi connectivity index (χ0n) is 23.0. The fourth-order valence-corrected chi connectivity index (χ4v) is 2.73. The number of amidine groups is 2. The number of nitrogens with zero attached hydrogens (tertiary/aromatic N) is 2. The van der Waals surface area contributed by atoms with E-state index in [0.29, 0.717) is 96.5 Å². The average Bonchev–Trinajstić information content (AvgIpc) is 2.89. The third-order valence-corrected chi connectivity index (χ3v) is 4.57. The van der Waals surface area contributed by atoms with Crippen molar-refractivity contribution in [2.75, 3.05) is 79.2 Å². The molecule has 0 saturated heterocycles. The number of hydrogen-bond acceptors (Lipinski definition) is 9. The molecule has 0 aliphatic carbocycles. The molecule has 0 heterocycles. The van der Waals surface area contributed by atoms with Crippen LogP contribution in [0.4, 0.5) is 0 Å². The molecule has 1 amide bonds. The molecule has 0 saturated carbocycles. The topological polar surface area (TPSA) is 161 Å². The average molecular weight is 540 g/mol. The van der Waals surface area contributed by atoms with Gasteiger partial charge in [0, 0.05) is 25.1 Å². The minimum absolute atomic E-state index is 0.0613. The molecule has 216 valence electrons. The molecule has 0 atom stereocenters. The van der Waals surface area contributed by atoms with Gasteiger partial charge in [-0.2, -0.15) is 0 Å². The highest BCUT2D eigenvalue weighted by molar-refractivity contribution is 5.97. The fourth-order valence-electron chi connectivity index (χ4n) is 2.73. The van der Waals surface area contributed by atoms with Crippen LogP contribution >= 0.6 is 0 Å². The first-order chi connectivity index (χ1) is 18.4. The number of rotatable bonds is 23. The molecule has 0 radical (unpaired) electrons. The van der Waals surface area contributed by atoms with E-state index in [1.165, 1.54) is 0 Å². The lowest BCUT2D eigenvalue weighted by Gasteiger charge is -2.09. The van der Waals surface area contributed by atoms with Crippen molar-refractivity contribution in [3.05, 3.63) is 29.8 Å². The maximum absolute atomic E-state index is 11.7. The highest BCUT2D eigenvalue weighted by atomic mass is 16.6. The molecule has 1 aromatic carbocycles. The maximum Gasteiger partial charge on any atom is 0.222 e. The van der Waals surface area contributed by atoms with E-state index in [1.807, 2.05) is 0 Å². The Hall–Kier alpha value is -2.77. The van der Waals surface area contributed by atoms with E-state index >= 15 is 0 Å². The lowest BCUT2D eigenvalue weighted by Crippen LogP contribution is -2.28. The first kappa shape index (κ1) is 33.3. The Morgan fingerprint density at radius 1 is 0.789 bits per heavy atom. The summed E-state index contributed by atoms with van der Waals surface area (Å²) in [5.41, 5.74) is 12.0. The smallest absolute Gasteiger partial charge is 0.222 e. The summed E-state index contributed by atoms with van der Waals surface area (Å²) in [4.78, 5) is 11.7. The van der Waals surface area contributed by atoms with E-state index in [9.17, 15) is 4.79 Å². The van der Waals surface area contributed by atoms with Crippen molar-refractivity contribution in [1.29, 1.82) is 0 Å². The second-order valence-corrected chi connectivity index (χ2v) is 8.62. The Labute approximate surface area is 226 Å². The molecular weight excluding hydrogens is 494 g/mol. The molecule has 12 nitrogen and oxygen atoms in total. The second kappa shape index (κ2) is 22.2. The van der Waals surface area contributed by atoms with Gasteiger partial charge in [0.2, 0.25) is 5.91 Å². The van der Waals surface area contributed by atoms with Crippen molar-refractivity contribution < 1.29 is 33.2 Å². The van der Waals surface area contributed by atoms with Gasteiger partial charge in [0.25, 0.3) is 0 Å². The van der Waals surface area contributed by atoms with Gasteiger partial charge in [0.1, 0.15) is 18.2 Å². The quantitative estimate of drug-likeness (QED) is 0.0806. The van der Waals surface area contributed by atoms with Crippen molar-refractivity contribution in [1.82, 2.24) is 5.32 Å². The van der Waals surface area contributed by atoms with Gasteiger partial charge < -0.3 is 45.2 Å². The third kappa shape index (κ3) is 19.4. The molecule has 1 aromatic rings. The van der Waals surface area contributed by atoms with Gasteiger partial charge in [-0.1, -0.05) is 13.8 Å². The van der Waals surface area contributed by atoms with Gasteiger partial charge in [-0.25, -0.2) is 0 Å². The predicted octanol–water partition coefficient (Wildman–Crippen LogP) is 1.31. The van der Waals surface area contributed by atoms with Crippen molar-refractivity contribution in [2.45, 2.75) is 27.2 Å². The number of benzene rings is 1. The van der Waals surface area contributed by atoms with Crippen LogP contribution < -0.4 is 21.5 Å². The van der Waals surface area contributed by atoms with Crippen LogP contribution in [0.1, 0.15) is 32.8 Å². The third-order valence-electron chi connectivity index (χ3n) is 4.57. The zero-order chi connectivity index (χ0) is 27.8. The van der Waals surface area contributed by atoms with Crippen LogP contribution in [0.15, 0.2) is 34.5 Å². The molecule has 0 bridgehead atoms. The summed E-state index contributed by atoms with van der Waals surface area (Å²) >= 11 is 0. The monoisotopic (exact) mass is 539 g/mol. The number of nitrogens with one attached hydrogen (secondary N) is 1. The van der Waals surface area contributed by atoms with Crippen LogP contribution in [0.2, 0.25) is 0 Å². The molecule has 1 rings (SSSR count). The van der Waals surface area contributed by atoms with Crippen LogP contribution in [0.25, 0.3) is 0 Å². The van der Waals surface area contributed by atoms with E-state index in [-0.39, 0.29) is 11.7 Å². The Balaban J connectivity index is 1.88. The van der Waals surface area contributed by atoms with Crippen LogP contribution in [-0.4, -0.2) is 96.8 Å². The molecule has 5 N–H and O–H groups in total. The van der Waals surface area contributed by atoms with Crippen molar-refractivity contribution in [3.63, 3.8) is 0 Å². The van der Waals surface area contributed by atoms with E-state index in [4.69, 9.17) is 39.9 Å². The summed E-state index contributed by atoms with van der Waals surface area (Å²) in [5.74, 6) is 1.75. The van der Waals surface area contributed by atoms with E-state index in [2.05, 4.69) is 29.4 Å². The number of carbonyl (C=O) groups is 1. The first-order valence-electron chi connectivity index (χ1n) is 12.9. The molecule has 0 unspecified atom stereocenters. The van der Waals surface area contributed by atoms with Crippen LogP contribution in [0, 0.1) is 5.92 Å². The fraction of sp³-hybridized carbons (Fsp3) is 0.654. The molecule has 38 heavy (non-hydrogen) atoms. The van der Waals surface area contributed by atoms with Crippen LogP contribution in [-0.2, 0) is 28.5 Å². The summed E-state index contributed by atoms with van der Waals surface area (Å²) < 4.78 is 32.8. The van der Waals surface area contributed by atoms with Gasteiger partial charge in [-0.3, -0.25) is 4.79 Å². The molecule has 0 aliphatic rings. The van der Waals surface area contributed by atoms with Gasteiger partial charge in [-0.05, 0) is 37.1 Å². The van der Waals surface area contributed by atoms with E-state index in [1.54, 1.807) is 31.2 Å². The first-order valence-corrected chi connectivity index (χ1v) is 12.9. The summed E-state index contributed by atoms with van der Waals surface area (Å²) in [7, 11) is 0. The normalized spacial score (nSPS) is 12.2. The van der Waals surface area contributed by atoms with E-state index < -0.39 is 0 Å². The minimum atomic E-state index is -0.0613. The molecule has 0 spiro atoms. The molecular formula is C26H45N5O7. The molecule has 0 fully saturated rings. The number of carbonyl (C=O) groups excluding carboxylic acids is 1. The number of ether oxygens (including phenoxy) is 6. The summed E-state index contributed by atoms with van der Waals surface area (Å²) in [5, 5.41) is 10.4. The maximum atomic E-state index is 11.7. The van der Waals surface area contributed by atoms with Gasteiger partial charge in [0.05, 0.1) is 59.5 Å².